The van der Waals surface area contributed by atoms with Crippen LogP contribution >= 0.6 is 0 Å². The lowest BCUT2D eigenvalue weighted by atomic mass is 10.3. The number of rotatable bonds is 5. The van der Waals surface area contributed by atoms with E-state index in [1.807, 2.05) is 6.92 Å². The van der Waals surface area contributed by atoms with Crippen LogP contribution in [-0.2, 0) is 9.53 Å². The highest BCUT2D eigenvalue weighted by Gasteiger charge is 2.05. The second kappa shape index (κ2) is 6.46. The number of hydrogen-bond acceptors (Lipinski definition) is 3. The summed E-state index contributed by atoms with van der Waals surface area (Å²) in [4.78, 5) is 10.9. The highest BCUT2D eigenvalue weighted by molar-refractivity contribution is 5.82. The minimum atomic E-state index is -1.31. The molecule has 76 valence electrons. The van der Waals surface area contributed by atoms with Crippen molar-refractivity contribution in [1.82, 2.24) is 0 Å². The lowest BCUT2D eigenvalue weighted by Gasteiger charge is -2.02. The van der Waals surface area contributed by atoms with Crippen molar-refractivity contribution in [2.75, 3.05) is 6.61 Å². The number of nitrogens with two attached hydrogens (primary N) is 1. The van der Waals surface area contributed by atoms with E-state index in [0.29, 0.717) is 6.61 Å². The minimum Gasteiger partial charge on any atom is -0.462 e. The van der Waals surface area contributed by atoms with Crippen LogP contribution in [0, 0.1) is 0 Å². The zero-order valence-corrected chi connectivity index (χ0v) is 8.05. The van der Waals surface area contributed by atoms with Crippen LogP contribution in [0.1, 0.15) is 26.7 Å². The van der Waals surface area contributed by atoms with Gasteiger partial charge in [-0.25, -0.2) is 9.18 Å². The lowest BCUT2D eigenvalue weighted by Crippen LogP contribution is -2.13. The molecule has 13 heavy (non-hydrogen) atoms. The summed E-state index contributed by atoms with van der Waals surface area (Å²) >= 11 is 0. The monoisotopic (exact) mass is 189 g/mol. The standard InChI is InChI=1S/C9H16FNO2/c1-3-4-5-13-9(12)6-8(11)7(2)10/h6-7H,3-5,11H2,1-2H3. The molecule has 0 aliphatic carbocycles. The molecule has 1 unspecified atom stereocenters. The Balaban J connectivity index is 3.79. The molecule has 0 fully saturated rings. The number of esters is 1. The van der Waals surface area contributed by atoms with Gasteiger partial charge in [0.2, 0.25) is 0 Å². The third kappa shape index (κ3) is 6.13. The molecule has 4 heteroatoms. The maximum absolute atomic E-state index is 12.4. The Kier molecular flexibility index (Phi) is 5.93. The van der Waals surface area contributed by atoms with E-state index in [-0.39, 0.29) is 5.70 Å². The molecule has 0 aromatic heterocycles. The summed E-state index contributed by atoms with van der Waals surface area (Å²) in [6, 6.07) is 0. The zero-order chi connectivity index (χ0) is 10.3. The molecule has 0 heterocycles. The van der Waals surface area contributed by atoms with Crippen LogP contribution in [-0.4, -0.2) is 18.7 Å². The van der Waals surface area contributed by atoms with Gasteiger partial charge in [-0.15, -0.1) is 0 Å². The lowest BCUT2D eigenvalue weighted by molar-refractivity contribution is -0.137. The first-order chi connectivity index (χ1) is 6.07. The fourth-order valence-electron chi connectivity index (χ4n) is 0.610. The van der Waals surface area contributed by atoms with E-state index in [1.165, 1.54) is 6.92 Å². The number of carbonyl (C=O) groups is 1. The third-order valence-electron chi connectivity index (χ3n) is 1.49. The van der Waals surface area contributed by atoms with Gasteiger partial charge in [-0.05, 0) is 13.3 Å². The van der Waals surface area contributed by atoms with Crippen LogP contribution in [0.25, 0.3) is 0 Å². The molecule has 0 aromatic rings. The molecule has 0 aliphatic heterocycles. The molecule has 0 aromatic carbocycles. The zero-order valence-electron chi connectivity index (χ0n) is 8.05. The Labute approximate surface area is 77.7 Å². The molecular formula is C9H16FNO2. The van der Waals surface area contributed by atoms with Crippen molar-refractivity contribution in [3.8, 4) is 0 Å². The molecule has 3 nitrogen and oxygen atoms in total. The average molecular weight is 189 g/mol. The fraction of sp³-hybridized carbons (Fsp3) is 0.667. The van der Waals surface area contributed by atoms with Crippen molar-refractivity contribution in [3.05, 3.63) is 11.8 Å². The molecular weight excluding hydrogens is 173 g/mol. The molecule has 0 radical (unpaired) electrons. The summed E-state index contributed by atoms with van der Waals surface area (Å²) in [5.74, 6) is -0.574. The number of hydrogen-bond donors (Lipinski definition) is 1. The van der Waals surface area contributed by atoms with Crippen molar-refractivity contribution in [2.24, 2.45) is 5.73 Å². The van der Waals surface area contributed by atoms with Gasteiger partial charge >= 0.3 is 5.97 Å². The maximum atomic E-state index is 12.4. The Morgan fingerprint density at radius 3 is 2.77 bits per heavy atom. The SMILES string of the molecule is CCCCOC(=O)C=C(N)C(C)F. The van der Waals surface area contributed by atoms with Crippen LogP contribution in [0.3, 0.4) is 0 Å². The largest absolute Gasteiger partial charge is 0.462 e. The molecule has 0 rings (SSSR count). The van der Waals surface area contributed by atoms with E-state index < -0.39 is 12.1 Å². The van der Waals surface area contributed by atoms with Crippen LogP contribution < -0.4 is 5.73 Å². The summed E-state index contributed by atoms with van der Waals surface area (Å²) in [7, 11) is 0. The fourth-order valence-corrected chi connectivity index (χ4v) is 0.610. The third-order valence-corrected chi connectivity index (χ3v) is 1.49. The smallest absolute Gasteiger partial charge is 0.332 e. The molecule has 0 bridgehead atoms. The first kappa shape index (κ1) is 11.9. The Bertz CT molecular complexity index is 190. The second-order valence-electron chi connectivity index (χ2n) is 2.78. The van der Waals surface area contributed by atoms with Gasteiger partial charge in [0.25, 0.3) is 0 Å². The number of carbonyl (C=O) groups excluding carboxylic acids is 1. The molecule has 0 amide bonds. The molecule has 1 atom stereocenters. The minimum absolute atomic E-state index is 0.0958. The number of ether oxygens (including phenoxy) is 1. The Hall–Kier alpha value is -1.06. The normalized spacial score (nSPS) is 13.9. The first-order valence-corrected chi connectivity index (χ1v) is 4.35. The number of allylic oxidation sites excluding steroid dienone is 1. The van der Waals surface area contributed by atoms with Crippen LogP contribution in [0.2, 0.25) is 0 Å². The number of halogens is 1. The van der Waals surface area contributed by atoms with Gasteiger partial charge in [0.05, 0.1) is 6.61 Å². The maximum Gasteiger partial charge on any atom is 0.332 e. The van der Waals surface area contributed by atoms with Gasteiger partial charge in [-0.2, -0.15) is 0 Å². The van der Waals surface area contributed by atoms with E-state index >= 15 is 0 Å². The van der Waals surface area contributed by atoms with Gasteiger partial charge in [0, 0.05) is 11.8 Å². The van der Waals surface area contributed by atoms with Gasteiger partial charge in [-0.1, -0.05) is 13.3 Å². The van der Waals surface area contributed by atoms with E-state index in [9.17, 15) is 9.18 Å². The van der Waals surface area contributed by atoms with Gasteiger partial charge < -0.3 is 10.5 Å². The predicted molar refractivity (Wildman–Crippen MR) is 48.7 cm³/mol. The number of alkyl halides is 1. The highest BCUT2D eigenvalue weighted by atomic mass is 19.1. The summed E-state index contributed by atoms with van der Waals surface area (Å²) < 4.78 is 17.2. The Morgan fingerprint density at radius 2 is 2.31 bits per heavy atom. The topological polar surface area (TPSA) is 52.3 Å². The van der Waals surface area contributed by atoms with Crippen LogP contribution in [0.4, 0.5) is 4.39 Å². The van der Waals surface area contributed by atoms with Gasteiger partial charge in [0.1, 0.15) is 6.17 Å². The summed E-state index contributed by atoms with van der Waals surface area (Å²) in [6.07, 6.45) is 1.44. The second-order valence-corrected chi connectivity index (χ2v) is 2.78. The van der Waals surface area contributed by atoms with Crippen molar-refractivity contribution in [1.29, 1.82) is 0 Å². The van der Waals surface area contributed by atoms with E-state index in [0.717, 1.165) is 18.9 Å². The molecule has 0 spiro atoms. The van der Waals surface area contributed by atoms with Gasteiger partial charge in [0.15, 0.2) is 0 Å². The average Bonchev–Trinajstić information content (AvgIpc) is 2.04. The Morgan fingerprint density at radius 1 is 1.69 bits per heavy atom. The molecule has 0 saturated heterocycles. The van der Waals surface area contributed by atoms with Crippen LogP contribution in [0.5, 0.6) is 0 Å². The van der Waals surface area contributed by atoms with Crippen molar-refractivity contribution < 1.29 is 13.9 Å². The van der Waals surface area contributed by atoms with Crippen LogP contribution in [0.15, 0.2) is 11.8 Å². The molecule has 0 saturated carbocycles. The summed E-state index contributed by atoms with van der Waals surface area (Å²) in [5.41, 5.74) is 5.11. The molecule has 2 N–H and O–H groups in total. The van der Waals surface area contributed by atoms with Crippen molar-refractivity contribution in [3.63, 3.8) is 0 Å². The van der Waals surface area contributed by atoms with Gasteiger partial charge in [-0.3, -0.25) is 0 Å². The first-order valence-electron chi connectivity index (χ1n) is 4.35. The van der Waals surface area contributed by atoms with E-state index in [2.05, 4.69) is 0 Å². The van der Waals surface area contributed by atoms with Crippen molar-refractivity contribution >= 4 is 5.97 Å². The quantitative estimate of drug-likeness (QED) is 0.405. The highest BCUT2D eigenvalue weighted by Crippen LogP contribution is 1.99. The van der Waals surface area contributed by atoms with Crippen molar-refractivity contribution in [2.45, 2.75) is 32.9 Å². The number of unbranched alkanes of at least 4 members (excludes halogenated alkanes) is 1. The summed E-state index contributed by atoms with van der Waals surface area (Å²) in [5, 5.41) is 0. The van der Waals surface area contributed by atoms with E-state index in [1.54, 1.807) is 0 Å². The molecule has 0 aliphatic rings. The predicted octanol–water partition coefficient (Wildman–Crippen LogP) is 1.53. The summed E-state index contributed by atoms with van der Waals surface area (Å²) in [6.45, 7) is 3.62. The van der Waals surface area contributed by atoms with E-state index in [4.69, 9.17) is 10.5 Å².